The van der Waals surface area contributed by atoms with Crippen LogP contribution in [0.4, 0.5) is 0 Å². The number of thiazole rings is 1. The first kappa shape index (κ1) is 15.5. The molecular weight excluding hydrogens is 314 g/mol. The highest BCUT2D eigenvalue weighted by molar-refractivity contribution is 7.16. The second-order valence-electron chi connectivity index (χ2n) is 5.50. The number of nitrogens with zero attached hydrogens (tertiary/aromatic N) is 3. The second kappa shape index (κ2) is 5.34. The molecule has 0 saturated carbocycles. The third-order valence-electron chi connectivity index (χ3n) is 4.06. The Bertz CT molecular complexity index is 994. The SMILES string of the molecule is COC(=O)c1c(C)c(-c2cc3c(cc2C)sc(=O)n3C)nn1C. The molecule has 0 fully saturated rings. The quantitative estimate of drug-likeness (QED) is 0.676. The fourth-order valence-corrected chi connectivity index (χ4v) is 3.76. The Morgan fingerprint density at radius 1 is 1.26 bits per heavy atom. The monoisotopic (exact) mass is 331 g/mol. The average Bonchev–Trinajstić information content (AvgIpc) is 2.94. The fourth-order valence-electron chi connectivity index (χ4n) is 2.80. The molecule has 1 aromatic carbocycles. The van der Waals surface area contributed by atoms with Crippen LogP contribution in [0.25, 0.3) is 21.5 Å². The van der Waals surface area contributed by atoms with Crippen LogP contribution in [0.1, 0.15) is 21.6 Å². The van der Waals surface area contributed by atoms with Crippen LogP contribution in [0.2, 0.25) is 0 Å². The van der Waals surface area contributed by atoms with E-state index in [0.29, 0.717) is 5.69 Å². The van der Waals surface area contributed by atoms with Crippen LogP contribution in [0.5, 0.6) is 0 Å². The van der Waals surface area contributed by atoms with Crippen LogP contribution in [-0.2, 0) is 18.8 Å². The van der Waals surface area contributed by atoms with E-state index in [1.54, 1.807) is 18.7 Å². The van der Waals surface area contributed by atoms with Crippen molar-refractivity contribution in [3.8, 4) is 11.3 Å². The zero-order valence-corrected chi connectivity index (χ0v) is 14.4. The summed E-state index contributed by atoms with van der Waals surface area (Å²) in [5.41, 5.74) is 4.71. The Labute approximate surface area is 136 Å². The van der Waals surface area contributed by atoms with Gasteiger partial charge in [-0.05, 0) is 31.5 Å². The number of esters is 1. The number of aryl methyl sites for hydroxylation is 3. The van der Waals surface area contributed by atoms with Crippen molar-refractivity contribution in [1.82, 2.24) is 14.3 Å². The topological polar surface area (TPSA) is 66.1 Å². The van der Waals surface area contributed by atoms with Crippen LogP contribution in [0.3, 0.4) is 0 Å². The van der Waals surface area contributed by atoms with Crippen molar-refractivity contribution in [2.45, 2.75) is 13.8 Å². The number of fused-ring (bicyclic) bond motifs is 1. The van der Waals surface area contributed by atoms with Crippen molar-refractivity contribution >= 4 is 27.5 Å². The van der Waals surface area contributed by atoms with Gasteiger partial charge in [-0.2, -0.15) is 5.10 Å². The minimum atomic E-state index is -0.412. The molecule has 0 spiro atoms. The van der Waals surface area contributed by atoms with E-state index in [4.69, 9.17) is 4.74 Å². The van der Waals surface area contributed by atoms with Crippen molar-refractivity contribution in [1.29, 1.82) is 0 Å². The molecule has 0 saturated heterocycles. The Balaban J connectivity index is 2.29. The average molecular weight is 331 g/mol. The molecule has 0 atom stereocenters. The first-order chi connectivity index (χ1) is 10.8. The summed E-state index contributed by atoms with van der Waals surface area (Å²) in [5, 5.41) is 4.49. The molecule has 7 heteroatoms. The lowest BCUT2D eigenvalue weighted by Gasteiger charge is -2.06. The molecule has 120 valence electrons. The molecule has 3 aromatic rings. The van der Waals surface area contributed by atoms with Gasteiger partial charge in [0.15, 0.2) is 0 Å². The molecule has 0 aliphatic heterocycles. The molecule has 0 N–H and O–H groups in total. The second-order valence-corrected chi connectivity index (χ2v) is 6.49. The van der Waals surface area contributed by atoms with Gasteiger partial charge in [-0.15, -0.1) is 0 Å². The van der Waals surface area contributed by atoms with Gasteiger partial charge in [-0.3, -0.25) is 9.48 Å². The van der Waals surface area contributed by atoms with Gasteiger partial charge in [-0.1, -0.05) is 11.3 Å². The maximum atomic E-state index is 11.9. The van der Waals surface area contributed by atoms with Gasteiger partial charge < -0.3 is 9.30 Å². The highest BCUT2D eigenvalue weighted by Crippen LogP contribution is 2.31. The lowest BCUT2D eigenvalue weighted by molar-refractivity contribution is 0.0587. The summed E-state index contributed by atoms with van der Waals surface area (Å²) in [6.45, 7) is 3.83. The van der Waals surface area contributed by atoms with Gasteiger partial charge in [-0.25, -0.2) is 4.79 Å². The highest BCUT2D eigenvalue weighted by atomic mass is 32.1. The first-order valence-electron chi connectivity index (χ1n) is 7.07. The number of hydrogen-bond donors (Lipinski definition) is 0. The molecule has 0 unspecified atom stereocenters. The van der Waals surface area contributed by atoms with Gasteiger partial charge >= 0.3 is 10.8 Å². The maximum Gasteiger partial charge on any atom is 0.356 e. The number of ether oxygens (including phenoxy) is 1. The summed E-state index contributed by atoms with van der Waals surface area (Å²) in [4.78, 5) is 23.8. The molecule has 6 nitrogen and oxygen atoms in total. The molecule has 0 aliphatic carbocycles. The summed E-state index contributed by atoms with van der Waals surface area (Å²) in [6.07, 6.45) is 0. The molecule has 3 rings (SSSR count). The Hall–Kier alpha value is -2.41. The normalized spacial score (nSPS) is 11.2. The fraction of sp³-hybridized carbons (Fsp3) is 0.312. The number of aromatic nitrogens is 3. The minimum absolute atomic E-state index is 0.00421. The molecule has 0 aliphatic rings. The molecule has 2 aromatic heterocycles. The number of methoxy groups -OCH3 is 1. The summed E-state index contributed by atoms with van der Waals surface area (Å²) in [7, 11) is 4.83. The summed E-state index contributed by atoms with van der Waals surface area (Å²) in [6, 6.07) is 3.95. The molecule has 0 bridgehead atoms. The van der Waals surface area contributed by atoms with E-state index in [9.17, 15) is 9.59 Å². The van der Waals surface area contributed by atoms with E-state index in [-0.39, 0.29) is 4.87 Å². The van der Waals surface area contributed by atoms with Crippen molar-refractivity contribution in [3.05, 3.63) is 38.6 Å². The van der Waals surface area contributed by atoms with E-state index in [0.717, 1.165) is 32.6 Å². The summed E-state index contributed by atoms with van der Waals surface area (Å²) in [5.74, 6) is -0.412. The van der Waals surface area contributed by atoms with E-state index >= 15 is 0 Å². The van der Waals surface area contributed by atoms with Crippen molar-refractivity contribution < 1.29 is 9.53 Å². The minimum Gasteiger partial charge on any atom is -0.464 e. The number of carbonyl (C=O) groups is 1. The maximum absolute atomic E-state index is 11.9. The first-order valence-corrected chi connectivity index (χ1v) is 7.89. The van der Waals surface area contributed by atoms with E-state index in [2.05, 4.69) is 5.10 Å². The third-order valence-corrected chi connectivity index (χ3v) is 5.05. The zero-order chi connectivity index (χ0) is 16.9. The summed E-state index contributed by atoms with van der Waals surface area (Å²) >= 11 is 1.23. The molecule has 23 heavy (non-hydrogen) atoms. The van der Waals surface area contributed by atoms with Crippen LogP contribution in [0.15, 0.2) is 16.9 Å². The molecular formula is C16H17N3O3S. The van der Waals surface area contributed by atoms with Crippen LogP contribution >= 0.6 is 11.3 Å². The number of rotatable bonds is 2. The predicted octanol–water partition coefficient (Wildman–Crippen LogP) is 2.40. The number of carbonyl (C=O) groups excluding carboxylic acids is 1. The Morgan fingerprint density at radius 3 is 2.61 bits per heavy atom. The molecule has 0 amide bonds. The van der Waals surface area contributed by atoms with Crippen molar-refractivity contribution in [2.24, 2.45) is 14.1 Å². The lowest BCUT2D eigenvalue weighted by atomic mass is 10.0. The van der Waals surface area contributed by atoms with E-state index in [1.807, 2.05) is 26.0 Å². The standard InChI is InChI=1S/C16H17N3O3S/c1-8-6-12-11(18(3)16(21)23-12)7-10(8)13-9(2)14(15(20)22-5)19(4)17-13/h6-7H,1-5H3. The van der Waals surface area contributed by atoms with Gasteiger partial charge in [0.05, 0.1) is 23.0 Å². The third kappa shape index (κ3) is 2.28. The van der Waals surface area contributed by atoms with E-state index < -0.39 is 5.97 Å². The van der Waals surface area contributed by atoms with E-state index in [1.165, 1.54) is 23.1 Å². The number of benzene rings is 1. The largest absolute Gasteiger partial charge is 0.464 e. The lowest BCUT2D eigenvalue weighted by Crippen LogP contribution is -2.09. The van der Waals surface area contributed by atoms with Crippen LogP contribution in [-0.4, -0.2) is 27.4 Å². The molecule has 0 radical (unpaired) electrons. The van der Waals surface area contributed by atoms with Crippen LogP contribution < -0.4 is 4.87 Å². The Morgan fingerprint density at radius 2 is 1.96 bits per heavy atom. The Kier molecular flexibility index (Phi) is 3.60. The highest BCUT2D eigenvalue weighted by Gasteiger charge is 2.22. The van der Waals surface area contributed by atoms with Crippen molar-refractivity contribution in [3.63, 3.8) is 0 Å². The predicted molar refractivity (Wildman–Crippen MR) is 90.1 cm³/mol. The van der Waals surface area contributed by atoms with Gasteiger partial charge in [0.25, 0.3) is 0 Å². The van der Waals surface area contributed by atoms with Crippen molar-refractivity contribution in [2.75, 3.05) is 7.11 Å². The number of hydrogen-bond acceptors (Lipinski definition) is 5. The van der Waals surface area contributed by atoms with Gasteiger partial charge in [0.1, 0.15) is 5.69 Å². The van der Waals surface area contributed by atoms with Gasteiger partial charge in [0.2, 0.25) is 0 Å². The van der Waals surface area contributed by atoms with Crippen LogP contribution in [0, 0.1) is 13.8 Å². The smallest absolute Gasteiger partial charge is 0.356 e. The zero-order valence-electron chi connectivity index (χ0n) is 13.6. The molecule has 2 heterocycles. The van der Waals surface area contributed by atoms with Gasteiger partial charge in [0, 0.05) is 25.2 Å². The summed E-state index contributed by atoms with van der Waals surface area (Å²) < 4.78 is 8.93.